The van der Waals surface area contributed by atoms with E-state index < -0.39 is 31.1 Å². The second-order valence-corrected chi connectivity index (χ2v) is 5.80. The molecule has 3 N–H and O–H groups in total. The normalized spacial score (nSPS) is 12.2. The number of rotatable bonds is 7. The summed E-state index contributed by atoms with van der Waals surface area (Å²) in [6, 6.07) is 3.94. The maximum absolute atomic E-state index is 11.4. The number of methoxy groups -OCH3 is 2. The minimum absolute atomic E-state index is 0.0148. The number of alkyl carbamates (subject to hydrolysis) is 1. The molecule has 1 rings (SSSR count). The van der Waals surface area contributed by atoms with Crippen molar-refractivity contribution in [3.05, 3.63) is 33.9 Å². The fraction of sp³-hybridized carbons (Fsp3) is 0.364. The Kier molecular flexibility index (Phi) is 6.31. The molecule has 0 bridgehead atoms. The minimum Gasteiger partial charge on any atom is -0.493 e. The van der Waals surface area contributed by atoms with E-state index in [1.165, 1.54) is 32.4 Å². The molecule has 11 nitrogen and oxygen atoms in total. The molecule has 23 heavy (non-hydrogen) atoms. The molecule has 0 saturated carbocycles. The van der Waals surface area contributed by atoms with Gasteiger partial charge in [0.05, 0.1) is 24.7 Å². The van der Waals surface area contributed by atoms with E-state index in [4.69, 9.17) is 19.3 Å². The van der Waals surface area contributed by atoms with Gasteiger partial charge in [0.15, 0.2) is 11.5 Å². The SMILES string of the molecule is COc1ccc(C(OC(=O)NCP(=O)(O)O)[N+](=O)[O-])cc1OC. The second-order valence-electron chi connectivity index (χ2n) is 4.16. The third kappa shape index (κ3) is 5.74. The van der Waals surface area contributed by atoms with Gasteiger partial charge in [0.25, 0.3) is 0 Å². The van der Waals surface area contributed by atoms with Crippen LogP contribution in [0.1, 0.15) is 11.8 Å². The molecule has 0 aromatic heterocycles. The average Bonchev–Trinajstić information content (AvgIpc) is 2.48. The molecule has 128 valence electrons. The topological polar surface area (TPSA) is 157 Å². The molecular formula is C11H15N2O9P. The Labute approximate surface area is 130 Å². The third-order valence-electron chi connectivity index (χ3n) is 2.53. The van der Waals surface area contributed by atoms with Crippen molar-refractivity contribution in [3.8, 4) is 11.5 Å². The van der Waals surface area contributed by atoms with E-state index >= 15 is 0 Å². The summed E-state index contributed by atoms with van der Waals surface area (Å²) >= 11 is 0. The molecule has 12 heteroatoms. The quantitative estimate of drug-likeness (QED) is 0.280. The van der Waals surface area contributed by atoms with E-state index in [-0.39, 0.29) is 11.3 Å². The van der Waals surface area contributed by atoms with Gasteiger partial charge in [-0.05, 0) is 18.2 Å². The lowest BCUT2D eigenvalue weighted by molar-refractivity contribution is -0.575. The van der Waals surface area contributed by atoms with Gasteiger partial charge in [-0.15, -0.1) is 0 Å². The van der Waals surface area contributed by atoms with Crippen molar-refractivity contribution >= 4 is 13.7 Å². The summed E-state index contributed by atoms with van der Waals surface area (Å²) in [6.45, 7) is 0. The highest BCUT2D eigenvalue weighted by Crippen LogP contribution is 2.33. The smallest absolute Gasteiger partial charge is 0.413 e. The molecule has 0 radical (unpaired) electrons. The van der Waals surface area contributed by atoms with E-state index in [1.54, 1.807) is 5.32 Å². The first-order valence-electron chi connectivity index (χ1n) is 6.02. The number of nitrogens with one attached hydrogen (secondary N) is 1. The van der Waals surface area contributed by atoms with Crippen molar-refractivity contribution in [3.63, 3.8) is 0 Å². The van der Waals surface area contributed by atoms with Crippen LogP contribution in [0.25, 0.3) is 0 Å². The van der Waals surface area contributed by atoms with Crippen LogP contribution in [0.2, 0.25) is 0 Å². The fourth-order valence-corrected chi connectivity index (χ4v) is 1.88. The zero-order chi connectivity index (χ0) is 17.6. The van der Waals surface area contributed by atoms with Crippen LogP contribution in [-0.2, 0) is 9.30 Å². The van der Waals surface area contributed by atoms with Crippen molar-refractivity contribution in [2.45, 2.75) is 6.23 Å². The first-order chi connectivity index (χ1) is 10.7. The molecule has 1 aromatic carbocycles. The number of nitrogens with zero attached hydrogens (tertiary/aromatic N) is 1. The highest BCUT2D eigenvalue weighted by atomic mass is 31.2. The number of carbonyl (C=O) groups excluding carboxylic acids is 1. The van der Waals surface area contributed by atoms with Crippen LogP contribution < -0.4 is 14.8 Å². The van der Waals surface area contributed by atoms with Crippen molar-refractivity contribution in [2.24, 2.45) is 0 Å². The number of amides is 1. The Morgan fingerprint density at radius 2 is 1.96 bits per heavy atom. The minimum atomic E-state index is -4.50. The summed E-state index contributed by atoms with van der Waals surface area (Å²) in [7, 11) is -1.79. The second kappa shape index (κ2) is 7.77. The van der Waals surface area contributed by atoms with Gasteiger partial charge in [-0.2, -0.15) is 0 Å². The van der Waals surface area contributed by atoms with Crippen LogP contribution in [-0.4, -0.2) is 41.3 Å². The summed E-state index contributed by atoms with van der Waals surface area (Å²) in [5, 5.41) is 12.8. The van der Waals surface area contributed by atoms with Gasteiger partial charge in [0.1, 0.15) is 6.29 Å². The summed E-state index contributed by atoms with van der Waals surface area (Å²) < 4.78 is 25.2. The summed E-state index contributed by atoms with van der Waals surface area (Å²) in [5.41, 5.74) is -0.0148. The van der Waals surface area contributed by atoms with Crippen molar-refractivity contribution in [2.75, 3.05) is 20.5 Å². The third-order valence-corrected chi connectivity index (χ3v) is 3.10. The van der Waals surface area contributed by atoms with Crippen LogP contribution in [0.4, 0.5) is 4.79 Å². The summed E-state index contributed by atoms with van der Waals surface area (Å²) in [6.07, 6.45) is -4.22. The number of hydrogen-bond acceptors (Lipinski definition) is 7. The number of carbonyl (C=O) groups is 1. The number of nitro groups is 1. The maximum Gasteiger partial charge on any atom is 0.413 e. The monoisotopic (exact) mass is 350 g/mol. The van der Waals surface area contributed by atoms with Gasteiger partial charge in [0.2, 0.25) is 0 Å². The first kappa shape index (κ1) is 18.7. The zero-order valence-electron chi connectivity index (χ0n) is 12.2. The predicted octanol–water partition coefficient (Wildman–Crippen LogP) is 0.840. The predicted molar refractivity (Wildman–Crippen MR) is 75.8 cm³/mol. The summed E-state index contributed by atoms with van der Waals surface area (Å²) in [4.78, 5) is 38.9. The molecule has 1 unspecified atom stereocenters. The highest BCUT2D eigenvalue weighted by Gasteiger charge is 2.29. The highest BCUT2D eigenvalue weighted by molar-refractivity contribution is 7.51. The van der Waals surface area contributed by atoms with Crippen molar-refractivity contribution in [1.82, 2.24) is 5.32 Å². The van der Waals surface area contributed by atoms with Gasteiger partial charge in [-0.1, -0.05) is 0 Å². The standard InChI is InChI=1S/C11H15N2O9P/c1-20-8-4-3-7(5-9(8)21-2)10(13(15)16)22-11(14)12-6-23(17,18)19/h3-5,10H,6H2,1-2H3,(H,12,14)(H2,17,18,19). The van der Waals surface area contributed by atoms with Crippen LogP contribution in [0.3, 0.4) is 0 Å². The van der Waals surface area contributed by atoms with Crippen LogP contribution in [0, 0.1) is 10.1 Å². The van der Waals surface area contributed by atoms with Gasteiger partial charge < -0.3 is 29.3 Å². The molecule has 1 amide bonds. The Morgan fingerprint density at radius 3 is 2.43 bits per heavy atom. The Hall–Kier alpha value is -2.36. The average molecular weight is 350 g/mol. The molecule has 0 aliphatic carbocycles. The van der Waals surface area contributed by atoms with Crippen molar-refractivity contribution in [1.29, 1.82) is 0 Å². The molecule has 0 heterocycles. The molecule has 0 aliphatic heterocycles. The van der Waals surface area contributed by atoms with E-state index in [0.717, 1.165) is 0 Å². The van der Waals surface area contributed by atoms with Gasteiger partial charge in [-0.25, -0.2) is 4.79 Å². The lowest BCUT2D eigenvalue weighted by Gasteiger charge is -2.14. The largest absolute Gasteiger partial charge is 0.493 e. The molecule has 0 aliphatic rings. The van der Waals surface area contributed by atoms with E-state index in [9.17, 15) is 19.5 Å². The molecule has 0 spiro atoms. The van der Waals surface area contributed by atoms with Crippen LogP contribution >= 0.6 is 7.60 Å². The number of ether oxygens (including phenoxy) is 3. The van der Waals surface area contributed by atoms with Crippen LogP contribution in [0.5, 0.6) is 11.5 Å². The molecular weight excluding hydrogens is 335 g/mol. The molecule has 1 atom stereocenters. The summed E-state index contributed by atoms with van der Waals surface area (Å²) in [5.74, 6) is 0.514. The van der Waals surface area contributed by atoms with E-state index in [1.807, 2.05) is 0 Å². The number of benzene rings is 1. The molecule has 0 fully saturated rings. The lowest BCUT2D eigenvalue weighted by atomic mass is 10.2. The van der Waals surface area contributed by atoms with Crippen LogP contribution in [0.15, 0.2) is 18.2 Å². The van der Waals surface area contributed by atoms with Gasteiger partial charge in [-0.3, -0.25) is 14.7 Å². The number of hydrogen-bond donors (Lipinski definition) is 3. The van der Waals surface area contributed by atoms with E-state index in [2.05, 4.69) is 4.74 Å². The molecule has 1 aromatic rings. The van der Waals surface area contributed by atoms with Gasteiger partial charge >= 0.3 is 19.9 Å². The Morgan fingerprint density at radius 1 is 1.35 bits per heavy atom. The first-order valence-corrected chi connectivity index (χ1v) is 7.82. The lowest BCUT2D eigenvalue weighted by Crippen LogP contribution is -2.29. The van der Waals surface area contributed by atoms with E-state index in [0.29, 0.717) is 5.75 Å². The van der Waals surface area contributed by atoms with Gasteiger partial charge in [0, 0.05) is 0 Å². The Balaban J connectivity index is 2.93. The van der Waals surface area contributed by atoms with Crippen molar-refractivity contribution < 1.29 is 38.3 Å². The Bertz CT molecular complexity index is 630. The fourth-order valence-electron chi connectivity index (χ4n) is 1.55. The zero-order valence-corrected chi connectivity index (χ0v) is 13.1. The maximum atomic E-state index is 11.4. The molecule has 0 saturated heterocycles.